The van der Waals surface area contributed by atoms with Gasteiger partial charge in [-0.1, -0.05) is 23.7 Å². The van der Waals surface area contributed by atoms with E-state index >= 15 is 0 Å². The minimum Gasteiger partial charge on any atom is -0.482 e. The van der Waals surface area contributed by atoms with Gasteiger partial charge in [-0.15, -0.1) is 0 Å². The fourth-order valence-corrected chi connectivity index (χ4v) is 3.73. The number of nitrogens with zero attached hydrogens (tertiary/aromatic N) is 1. The Morgan fingerprint density at radius 3 is 2.78 bits per heavy atom. The second kappa shape index (κ2) is 7.51. The molecule has 126 valence electrons. The number of aliphatic hydroxyl groups excluding tert-OH is 1. The summed E-state index contributed by atoms with van der Waals surface area (Å²) in [6.45, 7) is 2.01. The topological polar surface area (TPSA) is 61.8 Å². The summed E-state index contributed by atoms with van der Waals surface area (Å²) >= 11 is 5.99. The number of ether oxygens (including phenoxy) is 1. The van der Waals surface area contributed by atoms with Gasteiger partial charge in [0.25, 0.3) is 5.91 Å². The lowest BCUT2D eigenvalue weighted by molar-refractivity contribution is -0.124. The Kier molecular flexibility index (Phi) is 5.41. The van der Waals surface area contributed by atoms with Crippen molar-refractivity contribution in [3.05, 3.63) is 29.3 Å². The lowest BCUT2D eigenvalue weighted by atomic mass is 10.1. The molecule has 2 N–H and O–H groups in total. The van der Waals surface area contributed by atoms with Gasteiger partial charge in [-0.05, 0) is 50.9 Å². The highest BCUT2D eigenvalue weighted by Gasteiger charge is 2.39. The van der Waals surface area contributed by atoms with Crippen molar-refractivity contribution in [2.24, 2.45) is 0 Å². The molecular weight excluding hydrogens is 316 g/mol. The predicted molar refractivity (Wildman–Crippen MR) is 88.7 cm³/mol. The van der Waals surface area contributed by atoms with Gasteiger partial charge >= 0.3 is 0 Å². The third kappa shape index (κ3) is 3.97. The van der Waals surface area contributed by atoms with Crippen molar-refractivity contribution in [2.75, 3.05) is 19.7 Å². The summed E-state index contributed by atoms with van der Waals surface area (Å²) < 4.78 is 5.43. The third-order valence-corrected chi connectivity index (χ3v) is 5.04. The minimum atomic E-state index is -0.502. The van der Waals surface area contributed by atoms with E-state index in [1.807, 2.05) is 6.07 Å². The van der Waals surface area contributed by atoms with Gasteiger partial charge in [0.05, 0.1) is 17.2 Å². The third-order valence-electron chi connectivity index (χ3n) is 4.73. The van der Waals surface area contributed by atoms with Gasteiger partial charge in [0.15, 0.2) is 6.61 Å². The Hall–Kier alpha value is -1.30. The van der Waals surface area contributed by atoms with Crippen LogP contribution in [-0.2, 0) is 4.79 Å². The highest BCUT2D eigenvalue weighted by molar-refractivity contribution is 6.32. The summed E-state index contributed by atoms with van der Waals surface area (Å²) in [6.07, 6.45) is 3.63. The van der Waals surface area contributed by atoms with E-state index in [-0.39, 0.29) is 24.6 Å². The van der Waals surface area contributed by atoms with Crippen molar-refractivity contribution in [1.82, 2.24) is 10.2 Å². The molecule has 3 atom stereocenters. The number of amides is 1. The van der Waals surface area contributed by atoms with Gasteiger partial charge in [0.2, 0.25) is 0 Å². The summed E-state index contributed by atoms with van der Waals surface area (Å²) in [4.78, 5) is 14.4. The lowest BCUT2D eigenvalue weighted by Crippen LogP contribution is -2.48. The molecule has 1 aromatic rings. The Morgan fingerprint density at radius 1 is 1.30 bits per heavy atom. The van der Waals surface area contributed by atoms with Crippen LogP contribution in [0, 0.1) is 0 Å². The first-order valence-corrected chi connectivity index (χ1v) is 8.62. The highest BCUT2D eigenvalue weighted by Crippen LogP contribution is 2.28. The zero-order valence-corrected chi connectivity index (χ0v) is 13.8. The number of halogens is 1. The molecule has 1 aliphatic heterocycles. The summed E-state index contributed by atoms with van der Waals surface area (Å²) in [5, 5.41) is 13.8. The first-order valence-electron chi connectivity index (χ1n) is 8.24. The van der Waals surface area contributed by atoms with E-state index in [9.17, 15) is 9.90 Å². The zero-order chi connectivity index (χ0) is 16.2. The number of nitrogens with one attached hydrogen (secondary N) is 1. The zero-order valence-electron chi connectivity index (χ0n) is 13.1. The number of para-hydroxylation sites is 1. The van der Waals surface area contributed by atoms with Gasteiger partial charge in [0.1, 0.15) is 5.75 Å². The molecule has 1 saturated heterocycles. The molecule has 6 heteroatoms. The molecular formula is C17H23ClN2O3. The van der Waals surface area contributed by atoms with Crippen LogP contribution in [0.5, 0.6) is 5.75 Å². The number of carbonyl (C=O) groups excluding carboxylic acids is 1. The van der Waals surface area contributed by atoms with Crippen LogP contribution < -0.4 is 10.1 Å². The molecule has 0 spiro atoms. The quantitative estimate of drug-likeness (QED) is 0.859. The number of carbonyl (C=O) groups is 1. The SMILES string of the molecule is O=C(COc1ccccc1Cl)N[C@@H]1CC[C@@H](N2CCCC2)[C@@H]1O. The highest BCUT2D eigenvalue weighted by atomic mass is 35.5. The summed E-state index contributed by atoms with van der Waals surface area (Å²) in [5.41, 5.74) is 0. The molecule has 2 fully saturated rings. The van der Waals surface area contributed by atoms with Crippen LogP contribution >= 0.6 is 11.6 Å². The van der Waals surface area contributed by atoms with Crippen molar-refractivity contribution in [1.29, 1.82) is 0 Å². The average molecular weight is 339 g/mol. The second-order valence-corrected chi connectivity index (χ2v) is 6.68. The van der Waals surface area contributed by atoms with Crippen LogP contribution in [-0.4, -0.2) is 53.8 Å². The van der Waals surface area contributed by atoms with Crippen molar-refractivity contribution < 1.29 is 14.6 Å². The lowest BCUT2D eigenvalue weighted by Gasteiger charge is -2.28. The van der Waals surface area contributed by atoms with E-state index in [2.05, 4.69) is 10.2 Å². The predicted octanol–water partition coefficient (Wildman–Crippen LogP) is 1.82. The monoisotopic (exact) mass is 338 g/mol. The molecule has 0 aromatic heterocycles. The molecule has 0 radical (unpaired) electrons. The maximum atomic E-state index is 12.1. The van der Waals surface area contributed by atoms with E-state index in [1.54, 1.807) is 18.2 Å². The van der Waals surface area contributed by atoms with Crippen molar-refractivity contribution in [2.45, 2.75) is 43.9 Å². The van der Waals surface area contributed by atoms with Crippen molar-refractivity contribution in [3.8, 4) is 5.75 Å². The number of hydrogen-bond acceptors (Lipinski definition) is 4. The molecule has 1 aliphatic carbocycles. The first kappa shape index (κ1) is 16.6. The van der Waals surface area contributed by atoms with E-state index in [4.69, 9.17) is 16.3 Å². The Labute approximate surface area is 141 Å². The van der Waals surface area contributed by atoms with Crippen LogP contribution in [0.3, 0.4) is 0 Å². The largest absolute Gasteiger partial charge is 0.482 e. The van der Waals surface area contributed by atoms with Crippen LogP contribution in [0.1, 0.15) is 25.7 Å². The normalized spacial score (nSPS) is 28.0. The molecule has 1 aromatic carbocycles. The second-order valence-electron chi connectivity index (χ2n) is 6.27. The van der Waals surface area contributed by atoms with Crippen LogP contribution in [0.4, 0.5) is 0 Å². The van der Waals surface area contributed by atoms with Crippen molar-refractivity contribution >= 4 is 17.5 Å². The van der Waals surface area contributed by atoms with Gasteiger partial charge < -0.3 is 15.2 Å². The van der Waals surface area contributed by atoms with Crippen molar-refractivity contribution in [3.63, 3.8) is 0 Å². The van der Waals surface area contributed by atoms with Gasteiger partial charge in [-0.25, -0.2) is 0 Å². The molecule has 1 amide bonds. The molecule has 3 rings (SSSR count). The van der Waals surface area contributed by atoms with Gasteiger partial charge in [0, 0.05) is 6.04 Å². The van der Waals surface area contributed by atoms with Crippen LogP contribution in [0.15, 0.2) is 24.3 Å². The number of rotatable bonds is 5. The molecule has 2 aliphatic rings. The fourth-order valence-electron chi connectivity index (χ4n) is 3.54. The Balaban J connectivity index is 1.47. The van der Waals surface area contributed by atoms with Crippen LogP contribution in [0.25, 0.3) is 0 Å². The Bertz CT molecular complexity index is 548. The summed E-state index contributed by atoms with van der Waals surface area (Å²) in [7, 11) is 0. The molecule has 5 nitrogen and oxygen atoms in total. The molecule has 1 heterocycles. The van der Waals surface area contributed by atoms with E-state index in [1.165, 1.54) is 12.8 Å². The van der Waals surface area contributed by atoms with Gasteiger partial charge in [-0.2, -0.15) is 0 Å². The Morgan fingerprint density at radius 2 is 2.04 bits per heavy atom. The van der Waals surface area contributed by atoms with Gasteiger partial charge in [-0.3, -0.25) is 9.69 Å². The van der Waals surface area contributed by atoms with E-state index in [0.717, 1.165) is 25.9 Å². The van der Waals surface area contributed by atoms with Crippen LogP contribution in [0.2, 0.25) is 5.02 Å². The summed E-state index contributed by atoms with van der Waals surface area (Å²) in [5.74, 6) is 0.266. The number of benzene rings is 1. The maximum absolute atomic E-state index is 12.1. The first-order chi connectivity index (χ1) is 11.1. The molecule has 1 saturated carbocycles. The molecule has 0 bridgehead atoms. The minimum absolute atomic E-state index is 0.0959. The smallest absolute Gasteiger partial charge is 0.258 e. The number of aliphatic hydroxyl groups is 1. The number of likely N-dealkylation sites (tertiary alicyclic amines) is 1. The van der Waals surface area contributed by atoms with E-state index in [0.29, 0.717) is 10.8 Å². The van der Waals surface area contributed by atoms with E-state index < -0.39 is 6.10 Å². The molecule has 23 heavy (non-hydrogen) atoms. The average Bonchev–Trinajstić information content (AvgIpc) is 3.17. The molecule has 0 unspecified atom stereocenters. The number of hydrogen-bond donors (Lipinski definition) is 2. The maximum Gasteiger partial charge on any atom is 0.258 e. The standard InChI is InChI=1S/C17H23ClN2O3/c18-12-5-1-2-6-15(12)23-11-16(21)19-13-7-8-14(17(13)22)20-9-3-4-10-20/h1-2,5-6,13-14,17,22H,3-4,7-11H2,(H,19,21)/t13-,14-,17-/m1/s1. The summed E-state index contributed by atoms with van der Waals surface area (Å²) in [6, 6.07) is 7.04. The fraction of sp³-hybridized carbons (Fsp3) is 0.588.